The number of hydrogen-bond acceptors (Lipinski definition) is 3. The minimum absolute atomic E-state index is 0.800. The molecule has 2 aliphatic rings. The Hall–Kier alpha value is -0.120. The van der Waals surface area contributed by atoms with Gasteiger partial charge in [0.1, 0.15) is 0 Å². The first-order chi connectivity index (χ1) is 8.40. The fourth-order valence-electron chi connectivity index (χ4n) is 3.18. The van der Waals surface area contributed by atoms with Gasteiger partial charge in [0.15, 0.2) is 0 Å². The maximum Gasteiger partial charge on any atom is 0.0593 e. The molecule has 2 aliphatic heterocycles. The van der Waals surface area contributed by atoms with Gasteiger partial charge in [-0.05, 0) is 51.1 Å². The highest BCUT2D eigenvalue weighted by Gasteiger charge is 2.28. The predicted octanol–water partition coefficient (Wildman–Crippen LogP) is 1.88. The normalized spacial score (nSPS) is 30.9. The molecule has 1 N–H and O–H groups in total. The van der Waals surface area contributed by atoms with E-state index in [1.807, 2.05) is 0 Å². The highest BCUT2D eigenvalue weighted by molar-refractivity contribution is 4.86. The Morgan fingerprint density at radius 1 is 1.24 bits per heavy atom. The number of rotatable bonds is 6. The summed E-state index contributed by atoms with van der Waals surface area (Å²) in [6, 6.07) is 0.800. The van der Waals surface area contributed by atoms with Crippen LogP contribution >= 0.6 is 0 Å². The molecule has 17 heavy (non-hydrogen) atoms. The molecule has 100 valence electrons. The molecule has 0 amide bonds. The molecule has 0 aromatic carbocycles. The van der Waals surface area contributed by atoms with Crippen LogP contribution in [-0.2, 0) is 4.74 Å². The van der Waals surface area contributed by atoms with Crippen molar-refractivity contribution in [2.75, 3.05) is 39.4 Å². The van der Waals surface area contributed by atoms with E-state index in [2.05, 4.69) is 17.1 Å². The average Bonchev–Trinajstić information content (AvgIpc) is 2.89. The monoisotopic (exact) mass is 240 g/mol. The Morgan fingerprint density at radius 2 is 2.18 bits per heavy atom. The Balaban J connectivity index is 1.65. The van der Waals surface area contributed by atoms with Crippen molar-refractivity contribution < 1.29 is 4.74 Å². The fraction of sp³-hybridized carbons (Fsp3) is 1.00. The fourth-order valence-corrected chi connectivity index (χ4v) is 3.18. The van der Waals surface area contributed by atoms with Gasteiger partial charge in [-0.3, -0.25) is 0 Å². The summed E-state index contributed by atoms with van der Waals surface area (Å²) in [6.45, 7) is 8.93. The molecular weight excluding hydrogens is 212 g/mol. The smallest absolute Gasteiger partial charge is 0.0593 e. The Labute approximate surface area is 106 Å². The molecule has 0 radical (unpaired) electrons. The summed E-state index contributed by atoms with van der Waals surface area (Å²) in [4.78, 5) is 2.60. The standard InChI is InChI=1S/C14H28N2O/c1-2-10-17-11-9-16-8-4-5-13(12-16)14-6-3-7-15-14/h13-15H,2-12H2,1H3. The highest BCUT2D eigenvalue weighted by atomic mass is 16.5. The molecule has 0 bridgehead atoms. The topological polar surface area (TPSA) is 24.5 Å². The zero-order valence-corrected chi connectivity index (χ0v) is 11.3. The zero-order chi connectivity index (χ0) is 11.9. The first-order valence-corrected chi connectivity index (χ1v) is 7.43. The maximum absolute atomic E-state index is 5.59. The molecule has 2 atom stereocenters. The molecule has 0 aromatic heterocycles. The highest BCUT2D eigenvalue weighted by Crippen LogP contribution is 2.24. The van der Waals surface area contributed by atoms with Crippen LogP contribution in [0.5, 0.6) is 0 Å². The molecule has 2 unspecified atom stereocenters. The van der Waals surface area contributed by atoms with Crippen molar-refractivity contribution in [2.45, 2.75) is 45.1 Å². The Morgan fingerprint density at radius 3 is 2.94 bits per heavy atom. The van der Waals surface area contributed by atoms with Crippen LogP contribution < -0.4 is 5.32 Å². The van der Waals surface area contributed by atoms with Crippen molar-refractivity contribution in [3.8, 4) is 0 Å². The lowest BCUT2D eigenvalue weighted by atomic mass is 9.90. The summed E-state index contributed by atoms with van der Waals surface area (Å²) in [5.74, 6) is 0.887. The van der Waals surface area contributed by atoms with Crippen molar-refractivity contribution >= 4 is 0 Å². The molecule has 3 nitrogen and oxygen atoms in total. The summed E-state index contributed by atoms with van der Waals surface area (Å²) in [5, 5.41) is 3.67. The van der Waals surface area contributed by atoms with Gasteiger partial charge in [-0.15, -0.1) is 0 Å². The third-order valence-electron chi connectivity index (χ3n) is 4.11. The number of likely N-dealkylation sites (tertiary alicyclic amines) is 1. The summed E-state index contributed by atoms with van der Waals surface area (Å²) >= 11 is 0. The average molecular weight is 240 g/mol. The molecule has 0 saturated carbocycles. The summed E-state index contributed by atoms with van der Waals surface area (Å²) in [6.07, 6.45) is 6.70. The van der Waals surface area contributed by atoms with Gasteiger partial charge in [-0.25, -0.2) is 0 Å². The second-order valence-corrected chi connectivity index (χ2v) is 5.52. The lowest BCUT2D eigenvalue weighted by molar-refractivity contribution is 0.0796. The first-order valence-electron chi connectivity index (χ1n) is 7.43. The first kappa shape index (κ1) is 13.3. The van der Waals surface area contributed by atoms with Gasteiger partial charge < -0.3 is 15.0 Å². The second-order valence-electron chi connectivity index (χ2n) is 5.52. The van der Waals surface area contributed by atoms with Crippen molar-refractivity contribution in [3.05, 3.63) is 0 Å². The molecular formula is C14H28N2O. The molecule has 2 heterocycles. The van der Waals surface area contributed by atoms with E-state index in [-0.39, 0.29) is 0 Å². The van der Waals surface area contributed by atoms with Gasteiger partial charge in [0.05, 0.1) is 6.61 Å². The van der Waals surface area contributed by atoms with E-state index < -0.39 is 0 Å². The van der Waals surface area contributed by atoms with E-state index in [4.69, 9.17) is 4.74 Å². The van der Waals surface area contributed by atoms with Crippen LogP contribution in [0, 0.1) is 5.92 Å². The zero-order valence-electron chi connectivity index (χ0n) is 11.3. The van der Waals surface area contributed by atoms with Crippen molar-refractivity contribution in [2.24, 2.45) is 5.92 Å². The number of hydrogen-bond donors (Lipinski definition) is 1. The third-order valence-corrected chi connectivity index (χ3v) is 4.11. The largest absolute Gasteiger partial charge is 0.380 e. The van der Waals surface area contributed by atoms with Crippen LogP contribution in [0.25, 0.3) is 0 Å². The summed E-state index contributed by atoms with van der Waals surface area (Å²) in [5.41, 5.74) is 0. The minimum atomic E-state index is 0.800. The van der Waals surface area contributed by atoms with Gasteiger partial charge in [0.25, 0.3) is 0 Å². The van der Waals surface area contributed by atoms with Crippen LogP contribution in [0.15, 0.2) is 0 Å². The van der Waals surface area contributed by atoms with Gasteiger partial charge in [0, 0.05) is 25.7 Å². The molecule has 0 aromatic rings. The molecule has 0 aliphatic carbocycles. The van der Waals surface area contributed by atoms with E-state index in [1.54, 1.807) is 0 Å². The van der Waals surface area contributed by atoms with Gasteiger partial charge in [-0.2, -0.15) is 0 Å². The lowest BCUT2D eigenvalue weighted by Gasteiger charge is -2.35. The molecule has 2 saturated heterocycles. The lowest BCUT2D eigenvalue weighted by Crippen LogP contribution is -2.44. The van der Waals surface area contributed by atoms with Gasteiger partial charge >= 0.3 is 0 Å². The van der Waals surface area contributed by atoms with Gasteiger partial charge in [-0.1, -0.05) is 6.92 Å². The van der Waals surface area contributed by atoms with Crippen molar-refractivity contribution in [1.29, 1.82) is 0 Å². The molecule has 2 rings (SSSR count). The van der Waals surface area contributed by atoms with Crippen LogP contribution in [-0.4, -0.2) is 50.3 Å². The molecule has 0 spiro atoms. The second kappa shape index (κ2) is 7.34. The van der Waals surface area contributed by atoms with E-state index in [0.717, 1.165) is 38.1 Å². The third kappa shape index (κ3) is 4.23. The van der Waals surface area contributed by atoms with Crippen molar-refractivity contribution in [3.63, 3.8) is 0 Å². The van der Waals surface area contributed by atoms with E-state index in [0.29, 0.717) is 0 Å². The number of nitrogens with zero attached hydrogens (tertiary/aromatic N) is 1. The molecule has 3 heteroatoms. The molecule has 2 fully saturated rings. The van der Waals surface area contributed by atoms with Crippen molar-refractivity contribution in [1.82, 2.24) is 10.2 Å². The van der Waals surface area contributed by atoms with E-state index >= 15 is 0 Å². The number of ether oxygens (including phenoxy) is 1. The van der Waals surface area contributed by atoms with E-state index in [1.165, 1.54) is 45.3 Å². The van der Waals surface area contributed by atoms with Gasteiger partial charge in [0.2, 0.25) is 0 Å². The van der Waals surface area contributed by atoms with Crippen LogP contribution in [0.1, 0.15) is 39.0 Å². The van der Waals surface area contributed by atoms with Crippen LogP contribution in [0.3, 0.4) is 0 Å². The number of nitrogens with one attached hydrogen (secondary N) is 1. The maximum atomic E-state index is 5.59. The number of piperidine rings is 1. The summed E-state index contributed by atoms with van der Waals surface area (Å²) < 4.78 is 5.59. The van der Waals surface area contributed by atoms with Crippen LogP contribution in [0.2, 0.25) is 0 Å². The SMILES string of the molecule is CCCOCCN1CCCC(C2CCCN2)C1. The predicted molar refractivity (Wildman–Crippen MR) is 71.3 cm³/mol. The quantitative estimate of drug-likeness (QED) is 0.717. The Kier molecular flexibility index (Phi) is 5.75. The summed E-state index contributed by atoms with van der Waals surface area (Å²) in [7, 11) is 0. The Bertz CT molecular complexity index is 204. The minimum Gasteiger partial charge on any atom is -0.380 e. The van der Waals surface area contributed by atoms with E-state index in [9.17, 15) is 0 Å². The van der Waals surface area contributed by atoms with Crippen LogP contribution in [0.4, 0.5) is 0 Å².